The average molecular weight is 359 g/mol. The van der Waals surface area contributed by atoms with Crippen molar-refractivity contribution in [1.29, 1.82) is 0 Å². The van der Waals surface area contributed by atoms with E-state index in [1.54, 1.807) is 31.4 Å². The molecular weight excluding hydrogens is 338 g/mol. The van der Waals surface area contributed by atoms with Gasteiger partial charge < -0.3 is 25.0 Å². The molecule has 4 unspecified atom stereocenters. The molecule has 8 heteroatoms. The van der Waals surface area contributed by atoms with Gasteiger partial charge in [0.1, 0.15) is 17.8 Å². The standard InChI is InChI=1S/C18H21N3O5/c1-26-11-4-2-10(3-5-11)16(23)19-12-6-8-20-14(12)17(24)21-9-7-13(22)15(21)18(20)25/h2-5,12-15,22H,6-9H2,1H3,(H,19,23). The fraction of sp³-hybridized carbons (Fsp3) is 0.500. The monoisotopic (exact) mass is 359 g/mol. The number of aliphatic hydroxyl groups is 1. The molecule has 8 nitrogen and oxygen atoms in total. The molecule has 1 aromatic rings. The van der Waals surface area contributed by atoms with E-state index in [9.17, 15) is 19.5 Å². The number of carbonyl (C=O) groups is 3. The van der Waals surface area contributed by atoms with Crippen LogP contribution in [0.25, 0.3) is 0 Å². The Balaban J connectivity index is 1.51. The SMILES string of the molecule is COc1ccc(C(=O)NC2CCN3C(=O)C4C(O)CCN4C(=O)C23)cc1. The van der Waals surface area contributed by atoms with Gasteiger partial charge in [-0.1, -0.05) is 0 Å². The van der Waals surface area contributed by atoms with Crippen molar-refractivity contribution in [2.45, 2.75) is 37.1 Å². The van der Waals surface area contributed by atoms with Crippen molar-refractivity contribution in [2.24, 2.45) is 0 Å². The minimum atomic E-state index is -0.805. The quantitative estimate of drug-likeness (QED) is 0.749. The lowest BCUT2D eigenvalue weighted by molar-refractivity contribution is -0.160. The predicted molar refractivity (Wildman–Crippen MR) is 90.5 cm³/mol. The number of rotatable bonds is 3. The third kappa shape index (κ3) is 2.52. The van der Waals surface area contributed by atoms with Gasteiger partial charge in [-0.3, -0.25) is 14.4 Å². The number of aliphatic hydroxyl groups excluding tert-OH is 1. The van der Waals surface area contributed by atoms with Crippen LogP contribution in [0.15, 0.2) is 24.3 Å². The van der Waals surface area contributed by atoms with E-state index >= 15 is 0 Å². The number of piperazine rings is 1. The van der Waals surface area contributed by atoms with Crippen LogP contribution in [-0.4, -0.2) is 77.1 Å². The van der Waals surface area contributed by atoms with Crippen molar-refractivity contribution < 1.29 is 24.2 Å². The molecule has 3 amide bonds. The lowest BCUT2D eigenvalue weighted by Crippen LogP contribution is -2.66. The first-order chi connectivity index (χ1) is 12.5. The largest absolute Gasteiger partial charge is 0.497 e. The zero-order chi connectivity index (χ0) is 18.4. The van der Waals surface area contributed by atoms with Crippen molar-refractivity contribution in [3.63, 3.8) is 0 Å². The van der Waals surface area contributed by atoms with E-state index in [4.69, 9.17) is 4.74 Å². The Morgan fingerprint density at radius 3 is 2.38 bits per heavy atom. The van der Waals surface area contributed by atoms with Crippen LogP contribution >= 0.6 is 0 Å². The second-order valence-corrected chi connectivity index (χ2v) is 6.91. The second-order valence-electron chi connectivity index (χ2n) is 6.91. The molecule has 0 spiro atoms. The number of carbonyl (C=O) groups excluding carboxylic acids is 3. The van der Waals surface area contributed by atoms with E-state index in [0.717, 1.165) is 0 Å². The highest BCUT2D eigenvalue weighted by Crippen LogP contribution is 2.32. The Morgan fingerprint density at radius 2 is 1.69 bits per heavy atom. The summed E-state index contributed by atoms with van der Waals surface area (Å²) in [5, 5.41) is 12.9. The predicted octanol–water partition coefficient (Wildman–Crippen LogP) is -0.630. The zero-order valence-electron chi connectivity index (χ0n) is 14.4. The molecular formula is C18H21N3O5. The summed E-state index contributed by atoms with van der Waals surface area (Å²) in [7, 11) is 1.55. The molecule has 138 valence electrons. The fourth-order valence-corrected chi connectivity index (χ4v) is 4.15. The van der Waals surface area contributed by atoms with E-state index in [2.05, 4.69) is 5.32 Å². The molecule has 3 aliphatic rings. The van der Waals surface area contributed by atoms with Crippen LogP contribution in [0.1, 0.15) is 23.2 Å². The van der Waals surface area contributed by atoms with Gasteiger partial charge in [-0.05, 0) is 37.1 Å². The van der Waals surface area contributed by atoms with Crippen molar-refractivity contribution in [3.05, 3.63) is 29.8 Å². The molecule has 0 aliphatic carbocycles. The molecule has 4 atom stereocenters. The summed E-state index contributed by atoms with van der Waals surface area (Å²) in [5.74, 6) is -0.0481. The molecule has 26 heavy (non-hydrogen) atoms. The molecule has 3 heterocycles. The van der Waals surface area contributed by atoms with Gasteiger partial charge in [-0.25, -0.2) is 0 Å². The Kier molecular flexibility index (Phi) is 4.07. The maximum Gasteiger partial charge on any atom is 0.251 e. The lowest BCUT2D eigenvalue weighted by atomic mass is 10.0. The molecule has 4 rings (SSSR count). The summed E-state index contributed by atoms with van der Waals surface area (Å²) >= 11 is 0. The maximum atomic E-state index is 12.8. The molecule has 3 fully saturated rings. The van der Waals surface area contributed by atoms with Crippen molar-refractivity contribution in [1.82, 2.24) is 15.1 Å². The molecule has 3 aliphatic heterocycles. The molecule has 0 aromatic heterocycles. The van der Waals surface area contributed by atoms with Crippen molar-refractivity contribution in [3.8, 4) is 5.75 Å². The van der Waals surface area contributed by atoms with E-state index < -0.39 is 24.2 Å². The number of benzene rings is 1. The molecule has 3 saturated heterocycles. The first-order valence-electron chi connectivity index (χ1n) is 8.75. The number of fused-ring (bicyclic) bond motifs is 2. The maximum absolute atomic E-state index is 12.8. The highest BCUT2D eigenvalue weighted by molar-refractivity contribution is 6.00. The number of nitrogens with zero attached hydrogens (tertiary/aromatic N) is 2. The van der Waals surface area contributed by atoms with Crippen LogP contribution in [0.2, 0.25) is 0 Å². The van der Waals surface area contributed by atoms with Crippen LogP contribution in [0.3, 0.4) is 0 Å². The lowest BCUT2D eigenvalue weighted by Gasteiger charge is -2.40. The number of amides is 3. The third-order valence-electron chi connectivity index (χ3n) is 5.50. The number of nitrogens with one attached hydrogen (secondary N) is 1. The Hall–Kier alpha value is -2.61. The van der Waals surface area contributed by atoms with Gasteiger partial charge in [0.15, 0.2) is 0 Å². The molecule has 1 aromatic carbocycles. The van der Waals surface area contributed by atoms with Gasteiger partial charge in [-0.15, -0.1) is 0 Å². The summed E-state index contributed by atoms with van der Waals surface area (Å²) in [6.45, 7) is 0.778. The summed E-state index contributed by atoms with van der Waals surface area (Å²) < 4.78 is 5.08. The van der Waals surface area contributed by atoms with Gasteiger partial charge in [-0.2, -0.15) is 0 Å². The smallest absolute Gasteiger partial charge is 0.251 e. The van der Waals surface area contributed by atoms with E-state index in [1.165, 1.54) is 9.80 Å². The molecule has 0 bridgehead atoms. The topological polar surface area (TPSA) is 99.2 Å². The number of hydrogen-bond acceptors (Lipinski definition) is 5. The summed E-state index contributed by atoms with van der Waals surface area (Å²) in [6.07, 6.45) is 0.118. The summed E-state index contributed by atoms with van der Waals surface area (Å²) in [5.41, 5.74) is 0.466. The molecule has 0 saturated carbocycles. The van der Waals surface area contributed by atoms with E-state index in [-0.39, 0.29) is 17.7 Å². The van der Waals surface area contributed by atoms with Gasteiger partial charge in [0.2, 0.25) is 11.8 Å². The second kappa shape index (κ2) is 6.28. The molecule has 0 radical (unpaired) electrons. The fourth-order valence-electron chi connectivity index (χ4n) is 4.15. The van der Waals surface area contributed by atoms with E-state index in [0.29, 0.717) is 37.2 Å². The number of hydrogen-bond donors (Lipinski definition) is 2. The number of methoxy groups -OCH3 is 1. The minimum absolute atomic E-state index is 0.191. The highest BCUT2D eigenvalue weighted by Gasteiger charge is 2.56. The van der Waals surface area contributed by atoms with Gasteiger partial charge in [0.25, 0.3) is 5.91 Å². The van der Waals surface area contributed by atoms with Crippen LogP contribution in [0.4, 0.5) is 0 Å². The first-order valence-corrected chi connectivity index (χ1v) is 8.75. The van der Waals surface area contributed by atoms with Crippen LogP contribution in [0, 0.1) is 0 Å². The van der Waals surface area contributed by atoms with E-state index in [1.807, 2.05) is 0 Å². The van der Waals surface area contributed by atoms with Crippen molar-refractivity contribution >= 4 is 17.7 Å². The van der Waals surface area contributed by atoms with Crippen molar-refractivity contribution in [2.75, 3.05) is 20.2 Å². The summed E-state index contributed by atoms with van der Waals surface area (Å²) in [6, 6.07) is 4.81. The Morgan fingerprint density at radius 1 is 1.08 bits per heavy atom. The minimum Gasteiger partial charge on any atom is -0.497 e. The first kappa shape index (κ1) is 16.8. The Labute approximate surface area is 150 Å². The normalized spacial score (nSPS) is 30.2. The highest BCUT2D eigenvalue weighted by atomic mass is 16.5. The zero-order valence-corrected chi connectivity index (χ0v) is 14.4. The van der Waals surface area contributed by atoms with Gasteiger partial charge in [0, 0.05) is 18.7 Å². The van der Waals surface area contributed by atoms with Gasteiger partial charge in [0.05, 0.1) is 19.3 Å². The van der Waals surface area contributed by atoms with Crippen LogP contribution < -0.4 is 10.1 Å². The Bertz CT molecular complexity index is 750. The van der Waals surface area contributed by atoms with Crippen LogP contribution in [0.5, 0.6) is 5.75 Å². The average Bonchev–Trinajstić information content (AvgIpc) is 3.24. The third-order valence-corrected chi connectivity index (χ3v) is 5.50. The van der Waals surface area contributed by atoms with Gasteiger partial charge >= 0.3 is 0 Å². The number of ether oxygens (including phenoxy) is 1. The van der Waals surface area contributed by atoms with Crippen LogP contribution in [-0.2, 0) is 9.59 Å². The summed E-state index contributed by atoms with van der Waals surface area (Å²) in [4.78, 5) is 41.0. The molecule has 2 N–H and O–H groups in total.